The molecule has 2 N–H and O–H groups in total. The minimum Gasteiger partial charge on any atom is -0.334 e. The lowest BCUT2D eigenvalue weighted by Gasteiger charge is -2.18. The summed E-state index contributed by atoms with van der Waals surface area (Å²) in [7, 11) is -4.11. The number of hydrogen-bond acceptors (Lipinski definition) is 4. The van der Waals surface area contributed by atoms with Crippen LogP contribution in [0, 0.1) is 0 Å². The van der Waals surface area contributed by atoms with Gasteiger partial charge in [-0.2, -0.15) is 12.7 Å². The molecule has 6 nitrogen and oxygen atoms in total. The van der Waals surface area contributed by atoms with Crippen molar-refractivity contribution in [2.75, 3.05) is 6.54 Å². The van der Waals surface area contributed by atoms with Crippen LogP contribution in [0.15, 0.2) is 30.3 Å². The minimum absolute atomic E-state index is 0.132. The maximum Gasteiger partial charge on any atom is 0.421 e. The first-order valence-corrected chi connectivity index (χ1v) is 6.35. The number of carbonyl (C=O) groups excluding carboxylic acids is 1. The summed E-state index contributed by atoms with van der Waals surface area (Å²) in [6.45, 7) is 1.96. The van der Waals surface area contributed by atoms with Gasteiger partial charge in [0.1, 0.15) is 0 Å². The maximum atomic E-state index is 11.6. The Balaban J connectivity index is 2.82. The zero-order valence-corrected chi connectivity index (χ0v) is 10.2. The van der Waals surface area contributed by atoms with Crippen molar-refractivity contribution in [2.24, 2.45) is 5.73 Å². The lowest BCUT2D eigenvalue weighted by Crippen LogP contribution is -2.34. The van der Waals surface area contributed by atoms with E-state index in [1.165, 1.54) is 0 Å². The summed E-state index contributed by atoms with van der Waals surface area (Å²) in [4.78, 5) is 10.5. The average molecular weight is 258 g/mol. The second kappa shape index (κ2) is 5.65. The standard InChI is InChI=1S/C10H14N2O4S/c1-2-12(17(14,15)16-10(11)13)8-9-6-4-3-5-7-9/h3-7H,2,8H2,1H3,(H2,11,13). The molecule has 0 aliphatic heterocycles. The Bertz CT molecular complexity index is 472. The molecule has 0 aromatic heterocycles. The highest BCUT2D eigenvalue weighted by Gasteiger charge is 2.24. The molecule has 17 heavy (non-hydrogen) atoms. The number of nitrogens with two attached hydrogens (primary N) is 1. The van der Waals surface area contributed by atoms with Gasteiger partial charge in [-0.3, -0.25) is 0 Å². The van der Waals surface area contributed by atoms with Gasteiger partial charge in [0.25, 0.3) is 0 Å². The third kappa shape index (κ3) is 4.04. The Kier molecular flexibility index (Phi) is 4.47. The monoisotopic (exact) mass is 258 g/mol. The number of primary amides is 1. The molecule has 1 amide bonds. The van der Waals surface area contributed by atoms with E-state index in [9.17, 15) is 13.2 Å². The van der Waals surface area contributed by atoms with Crippen molar-refractivity contribution >= 4 is 16.4 Å². The van der Waals surface area contributed by atoms with E-state index < -0.39 is 16.4 Å². The molecule has 0 heterocycles. The highest BCUT2D eigenvalue weighted by Crippen LogP contribution is 2.10. The van der Waals surface area contributed by atoms with Crippen LogP contribution >= 0.6 is 0 Å². The van der Waals surface area contributed by atoms with Crippen molar-refractivity contribution in [1.29, 1.82) is 0 Å². The number of carbonyl (C=O) groups is 1. The van der Waals surface area contributed by atoms with Crippen LogP contribution in [0.4, 0.5) is 4.79 Å². The lowest BCUT2D eigenvalue weighted by molar-refractivity contribution is 0.206. The Hall–Kier alpha value is -1.60. The molecule has 1 rings (SSSR count). The molecule has 0 bridgehead atoms. The van der Waals surface area contributed by atoms with E-state index in [2.05, 4.69) is 4.18 Å². The first-order chi connectivity index (χ1) is 7.95. The van der Waals surface area contributed by atoms with Crippen LogP contribution < -0.4 is 5.73 Å². The third-order valence-electron chi connectivity index (χ3n) is 2.06. The number of benzene rings is 1. The Morgan fingerprint density at radius 3 is 2.41 bits per heavy atom. The van der Waals surface area contributed by atoms with Gasteiger partial charge in [-0.1, -0.05) is 37.3 Å². The van der Waals surface area contributed by atoms with Gasteiger partial charge in [-0.05, 0) is 5.56 Å². The van der Waals surface area contributed by atoms with E-state index in [1.807, 2.05) is 6.07 Å². The Labute approximate surface area is 100 Å². The summed E-state index contributed by atoms with van der Waals surface area (Å²) in [6.07, 6.45) is -1.34. The van der Waals surface area contributed by atoms with E-state index in [0.29, 0.717) is 0 Å². The number of nitrogens with zero attached hydrogens (tertiary/aromatic N) is 1. The summed E-state index contributed by atoms with van der Waals surface area (Å²) >= 11 is 0. The predicted octanol–water partition coefficient (Wildman–Crippen LogP) is 0.849. The molecular formula is C10H14N2O4S. The molecule has 0 atom stereocenters. The van der Waals surface area contributed by atoms with Gasteiger partial charge in [-0.15, -0.1) is 0 Å². The van der Waals surface area contributed by atoms with Gasteiger partial charge in [0.2, 0.25) is 0 Å². The average Bonchev–Trinajstić information content (AvgIpc) is 2.25. The zero-order valence-electron chi connectivity index (χ0n) is 9.37. The molecular weight excluding hydrogens is 244 g/mol. The van der Waals surface area contributed by atoms with E-state index >= 15 is 0 Å². The summed E-state index contributed by atoms with van der Waals surface area (Å²) in [5, 5.41) is 0. The smallest absolute Gasteiger partial charge is 0.334 e. The third-order valence-corrected chi connectivity index (χ3v) is 3.45. The van der Waals surface area contributed by atoms with Gasteiger partial charge < -0.3 is 9.92 Å². The second-order valence-electron chi connectivity index (χ2n) is 3.27. The first-order valence-electron chi connectivity index (χ1n) is 4.98. The highest BCUT2D eigenvalue weighted by molar-refractivity contribution is 7.84. The maximum absolute atomic E-state index is 11.6. The number of hydrogen-bond donors (Lipinski definition) is 1. The molecule has 1 aromatic carbocycles. The second-order valence-corrected chi connectivity index (χ2v) is 4.81. The molecule has 0 saturated heterocycles. The molecule has 0 fully saturated rings. The lowest BCUT2D eigenvalue weighted by atomic mass is 10.2. The van der Waals surface area contributed by atoms with Gasteiger partial charge >= 0.3 is 16.4 Å². The first kappa shape index (κ1) is 13.5. The van der Waals surface area contributed by atoms with Gasteiger partial charge in [0.15, 0.2) is 0 Å². The molecule has 7 heteroatoms. The van der Waals surface area contributed by atoms with Crippen molar-refractivity contribution in [3.8, 4) is 0 Å². The van der Waals surface area contributed by atoms with Crippen molar-refractivity contribution in [3.63, 3.8) is 0 Å². The molecule has 94 valence electrons. The quantitative estimate of drug-likeness (QED) is 0.847. The fourth-order valence-electron chi connectivity index (χ4n) is 1.29. The van der Waals surface area contributed by atoms with Crippen molar-refractivity contribution < 1.29 is 17.4 Å². The summed E-state index contributed by atoms with van der Waals surface area (Å²) in [6, 6.07) is 8.98. The van der Waals surface area contributed by atoms with Crippen LogP contribution in [0.2, 0.25) is 0 Å². The Morgan fingerprint density at radius 1 is 1.35 bits per heavy atom. The van der Waals surface area contributed by atoms with Crippen molar-refractivity contribution in [3.05, 3.63) is 35.9 Å². The Morgan fingerprint density at radius 2 is 1.94 bits per heavy atom. The van der Waals surface area contributed by atoms with Crippen molar-refractivity contribution in [2.45, 2.75) is 13.5 Å². The van der Waals surface area contributed by atoms with E-state index in [0.717, 1.165) is 9.87 Å². The largest absolute Gasteiger partial charge is 0.421 e. The SMILES string of the molecule is CCN(Cc1ccccc1)S(=O)(=O)OC(N)=O. The molecule has 1 aromatic rings. The van der Waals surface area contributed by atoms with Gasteiger partial charge in [0, 0.05) is 13.1 Å². The van der Waals surface area contributed by atoms with Crippen LogP contribution in [0.3, 0.4) is 0 Å². The van der Waals surface area contributed by atoms with Crippen LogP contribution in [-0.2, 0) is 21.0 Å². The molecule has 0 saturated carbocycles. The molecule has 0 aliphatic rings. The molecule has 0 unspecified atom stereocenters. The van der Waals surface area contributed by atoms with Crippen LogP contribution in [0.1, 0.15) is 12.5 Å². The minimum atomic E-state index is -4.11. The van der Waals surface area contributed by atoms with E-state index in [-0.39, 0.29) is 13.1 Å². The molecule has 0 radical (unpaired) electrons. The van der Waals surface area contributed by atoms with E-state index in [1.54, 1.807) is 31.2 Å². The topological polar surface area (TPSA) is 89.7 Å². The molecule has 0 aliphatic carbocycles. The van der Waals surface area contributed by atoms with Crippen LogP contribution in [0.25, 0.3) is 0 Å². The highest BCUT2D eigenvalue weighted by atomic mass is 32.2. The predicted molar refractivity (Wildman–Crippen MR) is 62.1 cm³/mol. The fraction of sp³-hybridized carbons (Fsp3) is 0.300. The summed E-state index contributed by atoms with van der Waals surface area (Å²) < 4.78 is 28.3. The van der Waals surface area contributed by atoms with Crippen molar-refractivity contribution in [1.82, 2.24) is 4.31 Å². The van der Waals surface area contributed by atoms with E-state index in [4.69, 9.17) is 5.73 Å². The fourth-order valence-corrected chi connectivity index (χ4v) is 2.23. The van der Waals surface area contributed by atoms with Gasteiger partial charge in [0.05, 0.1) is 0 Å². The number of rotatable bonds is 5. The molecule has 0 spiro atoms. The van der Waals surface area contributed by atoms with Gasteiger partial charge in [-0.25, -0.2) is 4.79 Å². The summed E-state index contributed by atoms with van der Waals surface area (Å²) in [5.41, 5.74) is 5.49. The number of amides is 1. The van der Waals surface area contributed by atoms with Crippen LogP contribution in [0.5, 0.6) is 0 Å². The zero-order chi connectivity index (χ0) is 12.9. The normalized spacial score (nSPS) is 11.4. The van der Waals surface area contributed by atoms with Crippen LogP contribution in [-0.4, -0.2) is 25.4 Å². The summed E-state index contributed by atoms with van der Waals surface area (Å²) in [5.74, 6) is 0.